The van der Waals surface area contributed by atoms with Crippen LogP contribution >= 0.6 is 0 Å². The summed E-state index contributed by atoms with van der Waals surface area (Å²) in [4.78, 5) is 0. The van der Waals surface area contributed by atoms with Crippen LogP contribution in [-0.4, -0.2) is 28.1 Å². The number of benzene rings is 1. The highest BCUT2D eigenvalue weighted by atomic mass is 16.5. The first-order valence-electron chi connectivity index (χ1n) is 7.63. The van der Waals surface area contributed by atoms with Crippen molar-refractivity contribution in [1.29, 1.82) is 0 Å². The molecule has 0 aliphatic carbocycles. The van der Waals surface area contributed by atoms with Gasteiger partial charge in [-0.25, -0.2) is 4.68 Å². The van der Waals surface area contributed by atoms with Gasteiger partial charge in [-0.1, -0.05) is 37.6 Å². The normalized spacial score (nSPS) is 10.8. The average molecular weight is 288 g/mol. The van der Waals surface area contributed by atoms with Gasteiger partial charge in [-0.05, 0) is 30.7 Å². The molecule has 1 N–H and O–H groups in total. The van der Waals surface area contributed by atoms with E-state index in [1.165, 1.54) is 12.0 Å². The van der Waals surface area contributed by atoms with Gasteiger partial charge in [0.2, 0.25) is 0 Å². The Morgan fingerprint density at radius 3 is 2.71 bits per heavy atom. The van der Waals surface area contributed by atoms with E-state index in [-0.39, 0.29) is 0 Å². The summed E-state index contributed by atoms with van der Waals surface area (Å²) in [6.07, 6.45) is 4.24. The van der Waals surface area contributed by atoms with E-state index in [0.717, 1.165) is 31.0 Å². The molecule has 2 aromatic rings. The summed E-state index contributed by atoms with van der Waals surface area (Å²) in [6, 6.07) is 8.32. The number of aryl methyl sites for hydroxylation is 1. The lowest BCUT2D eigenvalue weighted by Gasteiger charge is -2.06. The van der Waals surface area contributed by atoms with E-state index in [2.05, 4.69) is 41.6 Å². The lowest BCUT2D eigenvalue weighted by molar-refractivity contribution is 0.289. The number of ether oxygens (including phenoxy) is 1. The molecule has 0 atom stereocenters. The Morgan fingerprint density at radius 2 is 2.00 bits per heavy atom. The van der Waals surface area contributed by atoms with E-state index in [1.807, 2.05) is 23.0 Å². The molecule has 21 heavy (non-hydrogen) atoms. The van der Waals surface area contributed by atoms with Crippen LogP contribution in [0.3, 0.4) is 0 Å². The van der Waals surface area contributed by atoms with Crippen molar-refractivity contribution in [2.24, 2.45) is 0 Å². The smallest absolute Gasteiger partial charge is 0.119 e. The van der Waals surface area contributed by atoms with Crippen molar-refractivity contribution in [3.8, 4) is 5.75 Å². The Bertz CT molecular complexity index is 521. The van der Waals surface area contributed by atoms with Crippen LogP contribution in [0.4, 0.5) is 0 Å². The maximum atomic E-state index is 5.73. The van der Waals surface area contributed by atoms with Crippen LogP contribution in [-0.2, 0) is 19.5 Å². The van der Waals surface area contributed by atoms with Gasteiger partial charge in [-0.15, -0.1) is 5.10 Å². The Balaban J connectivity index is 1.74. The zero-order chi connectivity index (χ0) is 14.9. The summed E-state index contributed by atoms with van der Waals surface area (Å²) < 4.78 is 7.55. The maximum absolute atomic E-state index is 5.73. The van der Waals surface area contributed by atoms with Gasteiger partial charge in [0.1, 0.15) is 12.4 Å². The van der Waals surface area contributed by atoms with E-state index in [9.17, 15) is 0 Å². The summed E-state index contributed by atoms with van der Waals surface area (Å²) in [7, 11) is 0. The van der Waals surface area contributed by atoms with Gasteiger partial charge in [0, 0.05) is 12.7 Å². The van der Waals surface area contributed by atoms with E-state index < -0.39 is 0 Å². The molecule has 0 fully saturated rings. The monoisotopic (exact) mass is 288 g/mol. The van der Waals surface area contributed by atoms with Crippen molar-refractivity contribution < 1.29 is 4.74 Å². The maximum Gasteiger partial charge on any atom is 0.119 e. The number of nitrogens with zero attached hydrogens (tertiary/aromatic N) is 3. The molecule has 0 saturated heterocycles. The van der Waals surface area contributed by atoms with Gasteiger partial charge in [0.05, 0.1) is 12.2 Å². The van der Waals surface area contributed by atoms with Gasteiger partial charge in [0.15, 0.2) is 0 Å². The van der Waals surface area contributed by atoms with Gasteiger partial charge in [-0.2, -0.15) is 0 Å². The zero-order valence-electron chi connectivity index (χ0n) is 12.9. The second kappa shape index (κ2) is 8.42. The molecule has 5 nitrogen and oxygen atoms in total. The number of hydrogen-bond acceptors (Lipinski definition) is 4. The molecule has 0 amide bonds. The Hall–Kier alpha value is -1.88. The second-order valence-corrected chi connectivity index (χ2v) is 5.00. The summed E-state index contributed by atoms with van der Waals surface area (Å²) in [5, 5.41) is 11.4. The van der Waals surface area contributed by atoms with E-state index in [4.69, 9.17) is 4.74 Å². The van der Waals surface area contributed by atoms with Crippen LogP contribution < -0.4 is 10.1 Å². The zero-order valence-corrected chi connectivity index (χ0v) is 12.9. The highest BCUT2D eigenvalue weighted by Gasteiger charge is 2.00. The van der Waals surface area contributed by atoms with Crippen molar-refractivity contribution in [1.82, 2.24) is 20.3 Å². The van der Waals surface area contributed by atoms with Crippen LogP contribution in [0.25, 0.3) is 0 Å². The SMILES string of the molecule is CCCc1ccc(OCCn2cc(CNCC)nn2)cc1. The van der Waals surface area contributed by atoms with Crippen LogP contribution in [0.15, 0.2) is 30.5 Å². The van der Waals surface area contributed by atoms with Crippen molar-refractivity contribution in [3.05, 3.63) is 41.7 Å². The van der Waals surface area contributed by atoms with Crippen LogP contribution in [0.2, 0.25) is 0 Å². The molecule has 2 rings (SSSR count). The molecule has 1 aromatic heterocycles. The van der Waals surface area contributed by atoms with Crippen molar-refractivity contribution in [3.63, 3.8) is 0 Å². The average Bonchev–Trinajstić information content (AvgIpc) is 2.95. The lowest BCUT2D eigenvalue weighted by Crippen LogP contribution is -2.12. The van der Waals surface area contributed by atoms with Crippen molar-refractivity contribution >= 4 is 0 Å². The standard InChI is InChI=1S/C16H24N4O/c1-3-5-14-6-8-16(9-7-14)21-11-10-20-13-15(18-19-20)12-17-4-2/h6-9,13,17H,3-5,10-12H2,1-2H3. The third-order valence-corrected chi connectivity index (χ3v) is 3.19. The Labute approximate surface area is 126 Å². The molecule has 0 radical (unpaired) electrons. The molecular weight excluding hydrogens is 264 g/mol. The second-order valence-electron chi connectivity index (χ2n) is 5.00. The predicted molar refractivity (Wildman–Crippen MR) is 83.3 cm³/mol. The molecule has 114 valence electrons. The van der Waals surface area contributed by atoms with Crippen LogP contribution in [0.5, 0.6) is 5.75 Å². The lowest BCUT2D eigenvalue weighted by atomic mass is 10.1. The number of aromatic nitrogens is 3. The minimum atomic E-state index is 0.594. The Kier molecular flexibility index (Phi) is 6.22. The third kappa shape index (κ3) is 5.19. The van der Waals surface area contributed by atoms with Crippen molar-refractivity contribution in [2.45, 2.75) is 39.8 Å². The van der Waals surface area contributed by atoms with Gasteiger partial charge < -0.3 is 10.1 Å². The molecule has 0 aliphatic rings. The molecule has 0 saturated carbocycles. The first-order valence-corrected chi connectivity index (χ1v) is 7.63. The number of rotatable bonds is 9. The van der Waals surface area contributed by atoms with Crippen LogP contribution in [0, 0.1) is 0 Å². The first-order chi connectivity index (χ1) is 10.3. The minimum Gasteiger partial charge on any atom is -0.492 e. The fraction of sp³-hybridized carbons (Fsp3) is 0.500. The van der Waals surface area contributed by atoms with Gasteiger partial charge in [0.25, 0.3) is 0 Å². The fourth-order valence-electron chi connectivity index (χ4n) is 2.08. The van der Waals surface area contributed by atoms with Crippen molar-refractivity contribution in [2.75, 3.05) is 13.2 Å². The number of hydrogen-bond donors (Lipinski definition) is 1. The molecule has 5 heteroatoms. The third-order valence-electron chi connectivity index (χ3n) is 3.19. The molecule has 0 aliphatic heterocycles. The highest BCUT2D eigenvalue weighted by molar-refractivity contribution is 5.27. The van der Waals surface area contributed by atoms with Gasteiger partial charge in [-0.3, -0.25) is 0 Å². The summed E-state index contributed by atoms with van der Waals surface area (Å²) in [6.45, 7) is 7.25. The molecule has 1 aromatic carbocycles. The van der Waals surface area contributed by atoms with Crippen LogP contribution in [0.1, 0.15) is 31.5 Å². The molecule has 0 bridgehead atoms. The quantitative estimate of drug-likeness (QED) is 0.770. The molecule has 1 heterocycles. The first kappa shape index (κ1) is 15.5. The van der Waals surface area contributed by atoms with E-state index in [0.29, 0.717) is 13.2 Å². The number of nitrogens with one attached hydrogen (secondary N) is 1. The molecular formula is C16H24N4O. The fourth-order valence-corrected chi connectivity index (χ4v) is 2.08. The van der Waals surface area contributed by atoms with E-state index in [1.54, 1.807) is 0 Å². The Morgan fingerprint density at radius 1 is 1.19 bits per heavy atom. The predicted octanol–water partition coefficient (Wildman–Crippen LogP) is 2.42. The van der Waals surface area contributed by atoms with Gasteiger partial charge >= 0.3 is 0 Å². The molecule has 0 unspecified atom stereocenters. The molecule has 0 spiro atoms. The topological polar surface area (TPSA) is 52.0 Å². The largest absolute Gasteiger partial charge is 0.492 e. The highest BCUT2D eigenvalue weighted by Crippen LogP contribution is 2.13. The van der Waals surface area contributed by atoms with E-state index >= 15 is 0 Å². The summed E-state index contributed by atoms with van der Waals surface area (Å²) in [5.41, 5.74) is 2.31. The summed E-state index contributed by atoms with van der Waals surface area (Å²) in [5.74, 6) is 0.905. The summed E-state index contributed by atoms with van der Waals surface area (Å²) >= 11 is 0. The minimum absolute atomic E-state index is 0.594.